The molecule has 0 bridgehead atoms. The van der Waals surface area contributed by atoms with Gasteiger partial charge in [0.2, 0.25) is 11.2 Å². The van der Waals surface area contributed by atoms with Gasteiger partial charge in [0.1, 0.15) is 17.2 Å². The molecule has 1 amide bonds. The maximum Gasteiger partial charge on any atom is 0.226 e. The second-order valence-corrected chi connectivity index (χ2v) is 6.81. The molecule has 0 unspecified atom stereocenters. The van der Waals surface area contributed by atoms with Crippen LogP contribution in [-0.2, 0) is 11.3 Å². The Morgan fingerprint density at radius 2 is 2.15 bits per heavy atom. The lowest BCUT2D eigenvalue weighted by molar-refractivity contribution is -0.130. The summed E-state index contributed by atoms with van der Waals surface area (Å²) < 4.78 is 7.50. The Balaban J connectivity index is 1.58. The molecule has 1 aliphatic heterocycles. The van der Waals surface area contributed by atoms with Crippen molar-refractivity contribution in [3.05, 3.63) is 41.7 Å². The Kier molecular flexibility index (Phi) is 4.55. The number of likely N-dealkylation sites (tertiary alicyclic amines) is 1. The van der Waals surface area contributed by atoms with Crippen LogP contribution in [-0.4, -0.2) is 38.4 Å². The molecule has 0 aromatic carbocycles. The minimum atomic E-state index is 0.135. The minimum Gasteiger partial charge on any atom is -0.467 e. The summed E-state index contributed by atoms with van der Waals surface area (Å²) in [7, 11) is 0. The smallest absolute Gasteiger partial charge is 0.226 e. The van der Waals surface area contributed by atoms with Gasteiger partial charge in [0.05, 0.1) is 18.2 Å². The first kappa shape index (κ1) is 16.9. The van der Waals surface area contributed by atoms with E-state index in [1.807, 2.05) is 29.3 Å². The van der Waals surface area contributed by atoms with E-state index in [0.717, 1.165) is 42.7 Å². The fourth-order valence-corrected chi connectivity index (χ4v) is 3.64. The first-order valence-corrected chi connectivity index (χ1v) is 9.05. The number of furan rings is 1. The summed E-state index contributed by atoms with van der Waals surface area (Å²) in [5, 5.41) is 4.41. The molecule has 1 fully saturated rings. The number of carbonyl (C=O) groups is 1. The van der Waals surface area contributed by atoms with E-state index < -0.39 is 0 Å². The molecule has 4 rings (SSSR count). The van der Waals surface area contributed by atoms with Gasteiger partial charge in [-0.05, 0) is 42.6 Å². The predicted molar refractivity (Wildman–Crippen MR) is 99.1 cm³/mol. The van der Waals surface area contributed by atoms with Crippen molar-refractivity contribution in [1.29, 1.82) is 0 Å². The summed E-state index contributed by atoms with van der Waals surface area (Å²) in [6, 6.07) is 6.06. The molecule has 0 atom stereocenters. The molecule has 3 aromatic rings. The number of fused-ring (bicyclic) bond motifs is 1. The Morgan fingerprint density at radius 1 is 1.35 bits per heavy atom. The van der Waals surface area contributed by atoms with Crippen molar-refractivity contribution in [2.75, 3.05) is 18.4 Å². The predicted octanol–water partition coefficient (Wildman–Crippen LogP) is 3.47. The molecular formula is C18H20ClN5O2. The van der Waals surface area contributed by atoms with Gasteiger partial charge in [0.15, 0.2) is 0 Å². The third-order valence-electron chi connectivity index (χ3n) is 4.86. The van der Waals surface area contributed by atoms with Crippen LogP contribution in [0.25, 0.3) is 11.0 Å². The number of aromatic nitrogens is 3. The third kappa shape index (κ3) is 3.26. The highest BCUT2D eigenvalue weighted by molar-refractivity contribution is 6.28. The van der Waals surface area contributed by atoms with Gasteiger partial charge in [-0.3, -0.25) is 4.79 Å². The number of piperidine rings is 1. The molecule has 0 saturated carbocycles. The third-order valence-corrected chi connectivity index (χ3v) is 5.03. The average Bonchev–Trinajstić information content (AvgIpc) is 3.29. The summed E-state index contributed by atoms with van der Waals surface area (Å²) in [4.78, 5) is 22.2. The summed E-state index contributed by atoms with van der Waals surface area (Å²) in [6.07, 6.45) is 5.48. The number of carbonyl (C=O) groups excluding carboxylic acids is 1. The van der Waals surface area contributed by atoms with E-state index >= 15 is 0 Å². The van der Waals surface area contributed by atoms with E-state index in [1.165, 1.54) is 0 Å². The van der Waals surface area contributed by atoms with Crippen molar-refractivity contribution in [2.45, 2.75) is 32.4 Å². The van der Waals surface area contributed by atoms with E-state index in [2.05, 4.69) is 19.9 Å². The normalized spacial score (nSPS) is 15.5. The van der Waals surface area contributed by atoms with Gasteiger partial charge in [-0.15, -0.1) is 0 Å². The van der Waals surface area contributed by atoms with Crippen molar-refractivity contribution in [2.24, 2.45) is 0 Å². The number of amides is 1. The monoisotopic (exact) mass is 373 g/mol. The van der Waals surface area contributed by atoms with Crippen LogP contribution >= 0.6 is 11.6 Å². The Bertz CT molecular complexity index is 913. The van der Waals surface area contributed by atoms with Crippen LogP contribution in [0.4, 0.5) is 5.82 Å². The van der Waals surface area contributed by atoms with Crippen molar-refractivity contribution in [1.82, 2.24) is 19.4 Å². The van der Waals surface area contributed by atoms with E-state index in [0.29, 0.717) is 18.4 Å². The Labute approximate surface area is 156 Å². The lowest BCUT2D eigenvalue weighted by atomic mass is 10.0. The molecule has 3 aromatic heterocycles. The van der Waals surface area contributed by atoms with Gasteiger partial charge in [0, 0.05) is 32.3 Å². The molecule has 0 spiro atoms. The first-order chi connectivity index (χ1) is 12.6. The van der Waals surface area contributed by atoms with Crippen LogP contribution in [0.3, 0.4) is 0 Å². The van der Waals surface area contributed by atoms with Gasteiger partial charge in [-0.25, -0.2) is 4.98 Å². The van der Waals surface area contributed by atoms with Gasteiger partial charge in [0.25, 0.3) is 0 Å². The van der Waals surface area contributed by atoms with E-state index in [9.17, 15) is 4.79 Å². The lowest BCUT2D eigenvalue weighted by Gasteiger charge is -2.32. The van der Waals surface area contributed by atoms with Crippen molar-refractivity contribution < 1.29 is 9.21 Å². The molecule has 7 nitrogen and oxygen atoms in total. The largest absolute Gasteiger partial charge is 0.467 e. The van der Waals surface area contributed by atoms with Crippen molar-refractivity contribution in [3.63, 3.8) is 0 Å². The van der Waals surface area contributed by atoms with Crippen LogP contribution in [0.2, 0.25) is 5.28 Å². The zero-order chi connectivity index (χ0) is 18.1. The first-order valence-electron chi connectivity index (χ1n) is 8.67. The fourth-order valence-electron chi connectivity index (χ4n) is 3.48. The molecule has 1 N–H and O–H groups in total. The number of hydrogen-bond donors (Lipinski definition) is 1. The standard InChI is InChI=1S/C18H20ClN5O2/c1-12(25)23-7-4-13(5-8-23)24-9-6-15-16(21-18(19)22-17(15)24)20-11-14-3-2-10-26-14/h2-3,6,9-10,13H,4-5,7-8,11H2,1H3,(H,20,21,22). The van der Waals surface area contributed by atoms with E-state index in [4.69, 9.17) is 16.0 Å². The fraction of sp³-hybridized carbons (Fsp3) is 0.389. The number of nitrogens with zero attached hydrogens (tertiary/aromatic N) is 4. The minimum absolute atomic E-state index is 0.135. The van der Waals surface area contributed by atoms with Gasteiger partial charge in [-0.2, -0.15) is 4.98 Å². The summed E-state index contributed by atoms with van der Waals surface area (Å²) in [5.41, 5.74) is 0.813. The van der Waals surface area contributed by atoms with E-state index in [-0.39, 0.29) is 11.2 Å². The Morgan fingerprint density at radius 3 is 2.85 bits per heavy atom. The summed E-state index contributed by atoms with van der Waals surface area (Å²) in [6.45, 7) is 3.68. The summed E-state index contributed by atoms with van der Waals surface area (Å²) in [5.74, 6) is 1.65. The number of halogens is 1. The summed E-state index contributed by atoms with van der Waals surface area (Å²) >= 11 is 6.17. The van der Waals surface area contributed by atoms with E-state index in [1.54, 1.807) is 13.2 Å². The highest BCUT2D eigenvalue weighted by Gasteiger charge is 2.24. The number of rotatable bonds is 4. The second kappa shape index (κ2) is 6.99. The molecule has 0 radical (unpaired) electrons. The Hall–Kier alpha value is -2.54. The van der Waals surface area contributed by atoms with Crippen LogP contribution < -0.4 is 5.32 Å². The molecule has 26 heavy (non-hydrogen) atoms. The van der Waals surface area contributed by atoms with Gasteiger partial charge < -0.3 is 19.2 Å². The number of hydrogen-bond acceptors (Lipinski definition) is 5. The van der Waals surface area contributed by atoms with Crippen molar-refractivity contribution in [3.8, 4) is 0 Å². The highest BCUT2D eigenvalue weighted by Crippen LogP contribution is 2.30. The maximum atomic E-state index is 11.5. The SMILES string of the molecule is CC(=O)N1CCC(n2ccc3c(NCc4ccco4)nc(Cl)nc32)CC1. The molecule has 1 aliphatic rings. The van der Waals surface area contributed by atoms with Crippen LogP contribution in [0.5, 0.6) is 0 Å². The van der Waals surface area contributed by atoms with Gasteiger partial charge >= 0.3 is 0 Å². The van der Waals surface area contributed by atoms with Gasteiger partial charge in [-0.1, -0.05) is 0 Å². The highest BCUT2D eigenvalue weighted by atomic mass is 35.5. The lowest BCUT2D eigenvalue weighted by Crippen LogP contribution is -2.37. The quantitative estimate of drug-likeness (QED) is 0.708. The topological polar surface area (TPSA) is 76.2 Å². The maximum absolute atomic E-state index is 11.5. The molecule has 1 saturated heterocycles. The van der Waals surface area contributed by atoms with Crippen molar-refractivity contribution >= 4 is 34.4 Å². The zero-order valence-corrected chi connectivity index (χ0v) is 15.2. The van der Waals surface area contributed by atoms with Crippen LogP contribution in [0.1, 0.15) is 31.6 Å². The molecule has 136 valence electrons. The van der Waals surface area contributed by atoms with Crippen LogP contribution in [0.15, 0.2) is 35.1 Å². The number of anilines is 1. The molecule has 0 aliphatic carbocycles. The second-order valence-electron chi connectivity index (χ2n) is 6.47. The van der Waals surface area contributed by atoms with Crippen LogP contribution in [0, 0.1) is 0 Å². The molecule has 8 heteroatoms. The average molecular weight is 374 g/mol. The molecular weight excluding hydrogens is 354 g/mol. The zero-order valence-electron chi connectivity index (χ0n) is 14.5. The molecule has 4 heterocycles. The number of nitrogens with one attached hydrogen (secondary N) is 1.